The minimum absolute atomic E-state index is 0. The van der Waals surface area contributed by atoms with E-state index in [1.54, 1.807) is 0 Å². The largest absolute Gasteiger partial charge is 0.483 e. The third-order valence-electron chi connectivity index (χ3n) is 2.07. The van der Waals surface area contributed by atoms with E-state index in [0.717, 1.165) is 17.0 Å². The van der Waals surface area contributed by atoms with Gasteiger partial charge in [-0.15, -0.1) is 12.4 Å². The van der Waals surface area contributed by atoms with Gasteiger partial charge in [0, 0.05) is 11.3 Å². The van der Waals surface area contributed by atoms with Crippen molar-refractivity contribution in [3.05, 3.63) is 29.8 Å². The molecule has 0 unspecified atom stereocenters. The number of benzene rings is 1. The SMILES string of the molecule is CC1(C)C=Cc2cc(N)ccc2O1.Cl. The average Bonchev–Trinajstić information content (AvgIpc) is 2.05. The van der Waals surface area contributed by atoms with Crippen LogP contribution in [0.1, 0.15) is 19.4 Å². The van der Waals surface area contributed by atoms with Crippen molar-refractivity contribution in [2.75, 3.05) is 5.73 Å². The molecule has 0 saturated carbocycles. The smallest absolute Gasteiger partial charge is 0.127 e. The molecule has 1 aromatic carbocycles. The number of hydrogen-bond donors (Lipinski definition) is 1. The van der Waals surface area contributed by atoms with Gasteiger partial charge in [0.2, 0.25) is 0 Å². The third-order valence-corrected chi connectivity index (χ3v) is 2.07. The Morgan fingerprint density at radius 3 is 2.71 bits per heavy atom. The van der Waals surface area contributed by atoms with Crippen LogP contribution in [0.3, 0.4) is 0 Å². The summed E-state index contributed by atoms with van der Waals surface area (Å²) in [5, 5.41) is 0. The first-order valence-corrected chi connectivity index (χ1v) is 4.35. The summed E-state index contributed by atoms with van der Waals surface area (Å²) >= 11 is 0. The fourth-order valence-corrected chi connectivity index (χ4v) is 1.40. The van der Waals surface area contributed by atoms with Crippen molar-refractivity contribution in [1.29, 1.82) is 0 Å². The van der Waals surface area contributed by atoms with Crippen LogP contribution in [0, 0.1) is 0 Å². The molecule has 14 heavy (non-hydrogen) atoms. The second kappa shape index (κ2) is 3.54. The lowest BCUT2D eigenvalue weighted by molar-refractivity contribution is 0.159. The van der Waals surface area contributed by atoms with Gasteiger partial charge in [-0.2, -0.15) is 0 Å². The van der Waals surface area contributed by atoms with Gasteiger partial charge in [0.15, 0.2) is 0 Å². The molecular formula is C11H14ClNO. The number of fused-ring (bicyclic) bond motifs is 1. The molecule has 0 aromatic heterocycles. The van der Waals surface area contributed by atoms with Crippen LogP contribution in [0.25, 0.3) is 6.08 Å². The molecule has 1 heterocycles. The van der Waals surface area contributed by atoms with Gasteiger partial charge in [-0.05, 0) is 38.1 Å². The predicted molar refractivity (Wildman–Crippen MR) is 61.8 cm³/mol. The summed E-state index contributed by atoms with van der Waals surface area (Å²) in [5.41, 5.74) is 7.28. The summed E-state index contributed by atoms with van der Waals surface area (Å²) in [6.07, 6.45) is 4.09. The summed E-state index contributed by atoms with van der Waals surface area (Å²) in [6.45, 7) is 4.06. The van der Waals surface area contributed by atoms with Gasteiger partial charge in [-0.25, -0.2) is 0 Å². The van der Waals surface area contributed by atoms with E-state index in [2.05, 4.69) is 6.08 Å². The van der Waals surface area contributed by atoms with Crippen LogP contribution in [0.5, 0.6) is 5.75 Å². The maximum Gasteiger partial charge on any atom is 0.127 e. The summed E-state index contributed by atoms with van der Waals surface area (Å²) in [6, 6.07) is 5.69. The minimum Gasteiger partial charge on any atom is -0.483 e. The van der Waals surface area contributed by atoms with Crippen LogP contribution in [-0.2, 0) is 0 Å². The molecule has 0 aliphatic carbocycles. The lowest BCUT2D eigenvalue weighted by Gasteiger charge is -2.27. The normalized spacial score (nSPS) is 16.4. The highest BCUT2D eigenvalue weighted by Crippen LogP contribution is 2.31. The minimum atomic E-state index is -0.205. The quantitative estimate of drug-likeness (QED) is 0.670. The zero-order valence-electron chi connectivity index (χ0n) is 8.28. The average molecular weight is 212 g/mol. The molecular weight excluding hydrogens is 198 g/mol. The van der Waals surface area contributed by atoms with Gasteiger partial charge in [0.05, 0.1) is 0 Å². The maximum absolute atomic E-state index is 5.73. The van der Waals surface area contributed by atoms with E-state index in [4.69, 9.17) is 10.5 Å². The fourth-order valence-electron chi connectivity index (χ4n) is 1.40. The van der Waals surface area contributed by atoms with Crippen molar-refractivity contribution in [2.24, 2.45) is 0 Å². The van der Waals surface area contributed by atoms with Crippen molar-refractivity contribution in [1.82, 2.24) is 0 Å². The Bertz CT molecular complexity index is 372. The number of ether oxygens (including phenoxy) is 1. The number of anilines is 1. The summed E-state index contributed by atoms with van der Waals surface area (Å²) < 4.78 is 5.73. The molecule has 0 amide bonds. The van der Waals surface area contributed by atoms with E-state index in [1.165, 1.54) is 0 Å². The van der Waals surface area contributed by atoms with Crippen molar-refractivity contribution >= 4 is 24.2 Å². The van der Waals surface area contributed by atoms with E-state index < -0.39 is 0 Å². The first kappa shape index (κ1) is 10.9. The molecule has 0 radical (unpaired) electrons. The molecule has 3 heteroatoms. The highest BCUT2D eigenvalue weighted by molar-refractivity contribution is 5.85. The molecule has 2 rings (SSSR count). The zero-order chi connectivity index (χ0) is 9.47. The van der Waals surface area contributed by atoms with Gasteiger partial charge in [0.1, 0.15) is 11.4 Å². The number of hydrogen-bond acceptors (Lipinski definition) is 2. The fraction of sp³-hybridized carbons (Fsp3) is 0.273. The Hall–Kier alpha value is -1.15. The van der Waals surface area contributed by atoms with Gasteiger partial charge < -0.3 is 10.5 Å². The number of nitrogens with two attached hydrogens (primary N) is 1. The van der Waals surface area contributed by atoms with Gasteiger partial charge in [0.25, 0.3) is 0 Å². The number of rotatable bonds is 0. The Kier molecular flexibility index (Phi) is 2.76. The first-order valence-electron chi connectivity index (χ1n) is 4.35. The van der Waals surface area contributed by atoms with Gasteiger partial charge in [-0.3, -0.25) is 0 Å². The first-order chi connectivity index (χ1) is 6.07. The van der Waals surface area contributed by atoms with Crippen LogP contribution in [0.2, 0.25) is 0 Å². The molecule has 1 aliphatic rings. The monoisotopic (exact) mass is 211 g/mol. The molecule has 2 nitrogen and oxygen atoms in total. The van der Waals surface area contributed by atoms with Gasteiger partial charge >= 0.3 is 0 Å². The van der Waals surface area contributed by atoms with Crippen molar-refractivity contribution < 1.29 is 4.74 Å². The summed E-state index contributed by atoms with van der Waals surface area (Å²) in [5.74, 6) is 0.904. The number of nitrogen functional groups attached to an aromatic ring is 1. The molecule has 1 aromatic rings. The Morgan fingerprint density at radius 2 is 2.00 bits per heavy atom. The van der Waals surface area contributed by atoms with E-state index in [0.29, 0.717) is 0 Å². The second-order valence-corrected chi connectivity index (χ2v) is 3.84. The van der Waals surface area contributed by atoms with Crippen molar-refractivity contribution in [2.45, 2.75) is 19.4 Å². The second-order valence-electron chi connectivity index (χ2n) is 3.84. The zero-order valence-corrected chi connectivity index (χ0v) is 9.10. The third kappa shape index (κ3) is 2.02. The van der Waals surface area contributed by atoms with E-state index in [1.807, 2.05) is 38.1 Å². The molecule has 2 N–H and O–H groups in total. The topological polar surface area (TPSA) is 35.2 Å². The van der Waals surface area contributed by atoms with Crippen LogP contribution >= 0.6 is 12.4 Å². The van der Waals surface area contributed by atoms with Crippen LogP contribution < -0.4 is 10.5 Å². The lowest BCUT2D eigenvalue weighted by Crippen LogP contribution is -2.27. The van der Waals surface area contributed by atoms with Gasteiger partial charge in [-0.1, -0.05) is 6.08 Å². The molecule has 0 spiro atoms. The Labute approximate surface area is 90.2 Å². The van der Waals surface area contributed by atoms with E-state index >= 15 is 0 Å². The predicted octanol–water partition coefficient (Wildman–Crippen LogP) is 2.87. The van der Waals surface area contributed by atoms with Crippen LogP contribution in [-0.4, -0.2) is 5.60 Å². The summed E-state index contributed by atoms with van der Waals surface area (Å²) in [4.78, 5) is 0. The number of halogens is 1. The van der Waals surface area contributed by atoms with Crippen molar-refractivity contribution in [3.63, 3.8) is 0 Å². The van der Waals surface area contributed by atoms with E-state index in [-0.39, 0.29) is 18.0 Å². The van der Waals surface area contributed by atoms with E-state index in [9.17, 15) is 0 Å². The Morgan fingerprint density at radius 1 is 1.29 bits per heavy atom. The summed E-state index contributed by atoms with van der Waals surface area (Å²) in [7, 11) is 0. The molecule has 1 aliphatic heterocycles. The highest BCUT2D eigenvalue weighted by atomic mass is 35.5. The lowest BCUT2D eigenvalue weighted by atomic mass is 10.0. The van der Waals surface area contributed by atoms with Crippen LogP contribution in [0.15, 0.2) is 24.3 Å². The van der Waals surface area contributed by atoms with Crippen molar-refractivity contribution in [3.8, 4) is 5.75 Å². The van der Waals surface area contributed by atoms with Crippen LogP contribution in [0.4, 0.5) is 5.69 Å². The molecule has 0 atom stereocenters. The molecule has 0 bridgehead atoms. The molecule has 0 saturated heterocycles. The standard InChI is InChI=1S/C11H13NO.ClH/c1-11(2)6-5-8-7-9(12)3-4-10(8)13-11;/h3-7H,12H2,1-2H3;1H. The maximum atomic E-state index is 5.73. The molecule has 0 fully saturated rings. The molecule has 76 valence electrons. The highest BCUT2D eigenvalue weighted by Gasteiger charge is 2.20. The Balaban J connectivity index is 0.000000980.